The summed E-state index contributed by atoms with van der Waals surface area (Å²) in [6, 6.07) is 7.63. The van der Waals surface area contributed by atoms with Crippen LogP contribution in [0.15, 0.2) is 30.5 Å². The fourth-order valence-electron chi connectivity index (χ4n) is 2.91. The summed E-state index contributed by atoms with van der Waals surface area (Å²) in [5.41, 5.74) is 1.88. The van der Waals surface area contributed by atoms with E-state index in [1.807, 2.05) is 18.2 Å². The number of aliphatic hydroxyl groups is 1. The van der Waals surface area contributed by atoms with Crippen molar-refractivity contribution in [3.05, 3.63) is 36.0 Å². The van der Waals surface area contributed by atoms with Crippen LogP contribution in [0.25, 0.3) is 10.9 Å². The van der Waals surface area contributed by atoms with Crippen molar-refractivity contribution < 1.29 is 10.2 Å². The number of phenolic OH excluding ortho intramolecular Hbond substituents is 1. The van der Waals surface area contributed by atoms with Crippen LogP contribution in [0, 0.1) is 0 Å². The predicted molar refractivity (Wildman–Crippen MR) is 82.2 cm³/mol. The zero-order valence-electron chi connectivity index (χ0n) is 12.1. The van der Waals surface area contributed by atoms with Gasteiger partial charge in [-0.1, -0.05) is 12.1 Å². The molecule has 3 rings (SSSR count). The monoisotopic (exact) mass is 287 g/mol. The van der Waals surface area contributed by atoms with Crippen molar-refractivity contribution in [1.82, 2.24) is 14.8 Å². The third kappa shape index (κ3) is 3.15. The largest absolute Gasteiger partial charge is 0.506 e. The minimum Gasteiger partial charge on any atom is -0.506 e. The molecular weight excluding hydrogens is 266 g/mol. The number of piperazine rings is 1. The van der Waals surface area contributed by atoms with Crippen molar-refractivity contribution in [2.45, 2.75) is 6.54 Å². The van der Waals surface area contributed by atoms with Gasteiger partial charge in [0.2, 0.25) is 0 Å². The molecule has 0 bridgehead atoms. The lowest BCUT2D eigenvalue weighted by molar-refractivity contribution is 0.109. The Hall–Kier alpha value is -1.69. The molecule has 1 aromatic carbocycles. The van der Waals surface area contributed by atoms with Gasteiger partial charge in [0.15, 0.2) is 0 Å². The molecular formula is C16H21N3O2. The number of aromatic hydroxyl groups is 1. The lowest BCUT2D eigenvalue weighted by atomic mass is 10.1. The molecule has 0 atom stereocenters. The maximum atomic E-state index is 9.89. The van der Waals surface area contributed by atoms with Crippen molar-refractivity contribution in [2.24, 2.45) is 0 Å². The molecule has 2 N–H and O–H groups in total. The molecule has 1 saturated heterocycles. The highest BCUT2D eigenvalue weighted by Crippen LogP contribution is 2.26. The van der Waals surface area contributed by atoms with Crippen molar-refractivity contribution >= 4 is 10.9 Å². The van der Waals surface area contributed by atoms with E-state index in [0.29, 0.717) is 5.52 Å². The number of phenols is 1. The molecule has 0 radical (unpaired) electrons. The summed E-state index contributed by atoms with van der Waals surface area (Å²) in [4.78, 5) is 8.96. The van der Waals surface area contributed by atoms with E-state index in [2.05, 4.69) is 14.8 Å². The van der Waals surface area contributed by atoms with Crippen molar-refractivity contribution in [3.63, 3.8) is 0 Å². The quantitative estimate of drug-likeness (QED) is 0.880. The maximum absolute atomic E-state index is 9.89. The molecule has 1 aliphatic rings. The molecule has 0 unspecified atom stereocenters. The SMILES string of the molecule is OCCN1CCN(Cc2ccc(O)c3ncccc23)CC1. The van der Waals surface area contributed by atoms with Crippen LogP contribution in [0.5, 0.6) is 5.75 Å². The lowest BCUT2D eigenvalue weighted by Gasteiger charge is -2.34. The van der Waals surface area contributed by atoms with Gasteiger partial charge < -0.3 is 10.2 Å². The first-order chi connectivity index (χ1) is 10.3. The molecule has 1 fully saturated rings. The van der Waals surface area contributed by atoms with Crippen LogP contribution in [0.2, 0.25) is 0 Å². The first-order valence-electron chi connectivity index (χ1n) is 7.39. The minimum atomic E-state index is 0.230. The zero-order valence-corrected chi connectivity index (χ0v) is 12.1. The lowest BCUT2D eigenvalue weighted by Crippen LogP contribution is -2.46. The second-order valence-corrected chi connectivity index (χ2v) is 5.48. The van der Waals surface area contributed by atoms with E-state index < -0.39 is 0 Å². The maximum Gasteiger partial charge on any atom is 0.141 e. The fourth-order valence-corrected chi connectivity index (χ4v) is 2.91. The van der Waals surface area contributed by atoms with Gasteiger partial charge in [0, 0.05) is 50.9 Å². The molecule has 0 aliphatic carbocycles. The van der Waals surface area contributed by atoms with Gasteiger partial charge in [0.05, 0.1) is 6.61 Å². The van der Waals surface area contributed by atoms with Crippen molar-refractivity contribution in [1.29, 1.82) is 0 Å². The molecule has 1 aromatic heterocycles. The molecule has 112 valence electrons. The first-order valence-corrected chi connectivity index (χ1v) is 7.39. The molecule has 21 heavy (non-hydrogen) atoms. The van der Waals surface area contributed by atoms with E-state index in [1.54, 1.807) is 12.3 Å². The number of hydrogen-bond donors (Lipinski definition) is 2. The summed E-state index contributed by atoms with van der Waals surface area (Å²) < 4.78 is 0. The normalized spacial score (nSPS) is 17.4. The zero-order chi connectivity index (χ0) is 14.7. The second-order valence-electron chi connectivity index (χ2n) is 5.48. The number of β-amino-alcohol motifs (C(OH)–C–C–N with tert-alkyl or cyclic N) is 1. The molecule has 5 heteroatoms. The van der Waals surface area contributed by atoms with Crippen LogP contribution in [0.3, 0.4) is 0 Å². The molecule has 2 heterocycles. The topological polar surface area (TPSA) is 59.8 Å². The van der Waals surface area contributed by atoms with Gasteiger partial charge in [-0.25, -0.2) is 0 Å². The number of benzene rings is 1. The highest BCUT2D eigenvalue weighted by atomic mass is 16.3. The number of nitrogens with zero attached hydrogens (tertiary/aromatic N) is 3. The third-order valence-corrected chi connectivity index (χ3v) is 4.11. The van der Waals surface area contributed by atoms with Crippen molar-refractivity contribution in [3.8, 4) is 5.75 Å². The van der Waals surface area contributed by atoms with Gasteiger partial charge in [0.1, 0.15) is 11.3 Å². The Morgan fingerprint density at radius 3 is 2.57 bits per heavy atom. The molecule has 0 spiro atoms. The number of aliphatic hydroxyl groups excluding tert-OH is 1. The number of hydrogen-bond acceptors (Lipinski definition) is 5. The highest BCUT2D eigenvalue weighted by molar-refractivity contribution is 5.87. The molecule has 2 aromatic rings. The van der Waals surface area contributed by atoms with Crippen LogP contribution in [0.1, 0.15) is 5.56 Å². The van der Waals surface area contributed by atoms with Gasteiger partial charge in [-0.15, -0.1) is 0 Å². The Morgan fingerprint density at radius 2 is 1.81 bits per heavy atom. The average Bonchev–Trinajstić information content (AvgIpc) is 2.52. The van der Waals surface area contributed by atoms with Crippen LogP contribution >= 0.6 is 0 Å². The molecule has 5 nitrogen and oxygen atoms in total. The number of rotatable bonds is 4. The Morgan fingerprint density at radius 1 is 1.05 bits per heavy atom. The van der Waals surface area contributed by atoms with Crippen LogP contribution < -0.4 is 0 Å². The third-order valence-electron chi connectivity index (χ3n) is 4.11. The summed E-state index contributed by atoms with van der Waals surface area (Å²) in [5, 5.41) is 19.9. The Balaban J connectivity index is 1.73. The van der Waals surface area contributed by atoms with E-state index >= 15 is 0 Å². The van der Waals surface area contributed by atoms with Gasteiger partial charge >= 0.3 is 0 Å². The van der Waals surface area contributed by atoms with Gasteiger partial charge in [0.25, 0.3) is 0 Å². The summed E-state index contributed by atoms with van der Waals surface area (Å²) >= 11 is 0. The van der Waals surface area contributed by atoms with E-state index in [0.717, 1.165) is 44.7 Å². The van der Waals surface area contributed by atoms with Gasteiger partial charge in [-0.3, -0.25) is 14.8 Å². The Kier molecular flexibility index (Phi) is 4.34. The van der Waals surface area contributed by atoms with Crippen LogP contribution in [-0.2, 0) is 6.54 Å². The summed E-state index contributed by atoms with van der Waals surface area (Å²) in [6.07, 6.45) is 1.71. The Bertz CT molecular complexity index is 609. The summed E-state index contributed by atoms with van der Waals surface area (Å²) in [6.45, 7) is 5.86. The summed E-state index contributed by atoms with van der Waals surface area (Å²) in [7, 11) is 0. The minimum absolute atomic E-state index is 0.230. The van der Waals surface area contributed by atoms with Crippen LogP contribution in [-0.4, -0.2) is 64.3 Å². The Labute approximate surface area is 124 Å². The number of pyridine rings is 1. The van der Waals surface area contributed by atoms with E-state index in [9.17, 15) is 5.11 Å². The number of fused-ring (bicyclic) bond motifs is 1. The molecule has 0 saturated carbocycles. The van der Waals surface area contributed by atoms with E-state index in [4.69, 9.17) is 5.11 Å². The fraction of sp³-hybridized carbons (Fsp3) is 0.438. The second kappa shape index (κ2) is 6.39. The number of aromatic nitrogens is 1. The molecule has 1 aliphatic heterocycles. The summed E-state index contributed by atoms with van der Waals surface area (Å²) in [5.74, 6) is 0.238. The van der Waals surface area contributed by atoms with E-state index in [1.165, 1.54) is 5.56 Å². The standard InChI is InChI=1S/C16H21N3O2/c20-11-10-18-6-8-19(9-7-18)12-13-3-4-15(21)16-14(13)2-1-5-17-16/h1-5,20-21H,6-12H2. The predicted octanol–water partition coefficient (Wildman–Crippen LogP) is 1.05. The first kappa shape index (κ1) is 14.3. The molecule has 0 amide bonds. The van der Waals surface area contributed by atoms with Crippen LogP contribution in [0.4, 0.5) is 0 Å². The highest BCUT2D eigenvalue weighted by Gasteiger charge is 2.17. The average molecular weight is 287 g/mol. The van der Waals surface area contributed by atoms with Gasteiger partial charge in [-0.2, -0.15) is 0 Å². The van der Waals surface area contributed by atoms with E-state index in [-0.39, 0.29) is 12.4 Å². The smallest absolute Gasteiger partial charge is 0.141 e. The van der Waals surface area contributed by atoms with Gasteiger partial charge in [-0.05, 0) is 17.7 Å². The van der Waals surface area contributed by atoms with Crippen molar-refractivity contribution in [2.75, 3.05) is 39.3 Å².